The van der Waals surface area contributed by atoms with Gasteiger partial charge in [0, 0.05) is 12.0 Å². The van der Waals surface area contributed by atoms with Crippen molar-refractivity contribution in [2.45, 2.75) is 12.8 Å². The van der Waals surface area contributed by atoms with Crippen LogP contribution in [-0.2, 0) is 11.2 Å². The minimum atomic E-state index is -0.402. The highest BCUT2D eigenvalue weighted by Gasteiger charge is 2.26. The Labute approximate surface area is 122 Å². The molecule has 0 spiro atoms. The number of ketones is 1. The molecule has 3 rings (SSSR count). The van der Waals surface area contributed by atoms with Crippen LogP contribution in [0, 0.1) is 5.82 Å². The maximum Gasteiger partial charge on any atom is 0.227 e. The van der Waals surface area contributed by atoms with E-state index in [1.807, 2.05) is 6.07 Å². The normalized spacial score (nSPS) is 14.0. The van der Waals surface area contributed by atoms with Crippen molar-refractivity contribution in [2.24, 2.45) is 0 Å². The molecule has 0 saturated carbocycles. The van der Waals surface area contributed by atoms with Gasteiger partial charge in [-0.2, -0.15) is 0 Å². The lowest BCUT2D eigenvalue weighted by molar-refractivity contribution is -0.118. The number of carbonyl (C=O) groups is 2. The summed E-state index contributed by atoms with van der Waals surface area (Å²) in [5, 5.41) is 0. The van der Waals surface area contributed by atoms with E-state index in [0.717, 1.165) is 5.56 Å². The fraction of sp³-hybridized carbons (Fsp3) is 0.176. The van der Waals surface area contributed by atoms with Crippen LogP contribution >= 0.6 is 0 Å². The summed E-state index contributed by atoms with van der Waals surface area (Å²) in [7, 11) is 0. The number of aryl methyl sites for hydroxylation is 1. The lowest BCUT2D eigenvalue weighted by Gasteiger charge is -2.28. The fourth-order valence-corrected chi connectivity index (χ4v) is 2.54. The molecule has 0 atom stereocenters. The zero-order valence-electron chi connectivity index (χ0n) is 11.4. The first-order chi connectivity index (χ1) is 10.1. The molecule has 1 heterocycles. The summed E-state index contributed by atoms with van der Waals surface area (Å²) in [6, 6.07) is 13.2. The van der Waals surface area contributed by atoms with Gasteiger partial charge in [0.05, 0.1) is 12.2 Å². The summed E-state index contributed by atoms with van der Waals surface area (Å²) in [6.07, 6.45) is 0.936. The summed E-state index contributed by atoms with van der Waals surface area (Å²) in [5.41, 5.74) is 1.96. The van der Waals surface area contributed by atoms with Crippen LogP contribution in [0.3, 0.4) is 0 Å². The Morgan fingerprint density at radius 1 is 1.10 bits per heavy atom. The fourth-order valence-electron chi connectivity index (χ4n) is 2.54. The van der Waals surface area contributed by atoms with Crippen molar-refractivity contribution in [3.8, 4) is 0 Å². The first-order valence-electron chi connectivity index (χ1n) is 6.82. The minimum absolute atomic E-state index is 0.0563. The van der Waals surface area contributed by atoms with E-state index in [4.69, 9.17) is 0 Å². The van der Waals surface area contributed by atoms with Crippen molar-refractivity contribution >= 4 is 17.4 Å². The summed E-state index contributed by atoms with van der Waals surface area (Å²) in [5.74, 6) is -0.695. The van der Waals surface area contributed by atoms with E-state index in [-0.39, 0.29) is 18.2 Å². The van der Waals surface area contributed by atoms with E-state index in [1.54, 1.807) is 30.3 Å². The standard InChI is InChI=1S/C17H14FNO2/c18-14-8-6-12-7-9-17(21)19(15(12)10-14)11-16(20)13-4-2-1-3-5-13/h1-6,8,10H,7,9,11H2. The van der Waals surface area contributed by atoms with E-state index in [2.05, 4.69) is 0 Å². The van der Waals surface area contributed by atoms with Crippen molar-refractivity contribution in [1.82, 2.24) is 0 Å². The molecule has 0 N–H and O–H groups in total. The monoisotopic (exact) mass is 283 g/mol. The second-order valence-corrected chi connectivity index (χ2v) is 5.04. The average molecular weight is 283 g/mol. The minimum Gasteiger partial charge on any atom is -0.304 e. The number of nitrogens with zero attached hydrogens (tertiary/aromatic N) is 1. The number of rotatable bonds is 3. The molecule has 0 unspecified atom stereocenters. The van der Waals surface area contributed by atoms with E-state index in [0.29, 0.717) is 24.1 Å². The maximum absolute atomic E-state index is 13.4. The lowest BCUT2D eigenvalue weighted by atomic mass is 10.00. The van der Waals surface area contributed by atoms with Crippen molar-refractivity contribution < 1.29 is 14.0 Å². The highest BCUT2D eigenvalue weighted by Crippen LogP contribution is 2.28. The number of carbonyl (C=O) groups excluding carboxylic acids is 2. The van der Waals surface area contributed by atoms with Gasteiger partial charge < -0.3 is 4.90 Å². The Kier molecular flexibility index (Phi) is 3.52. The molecule has 4 heteroatoms. The average Bonchev–Trinajstić information content (AvgIpc) is 2.51. The van der Waals surface area contributed by atoms with Gasteiger partial charge in [-0.05, 0) is 24.1 Å². The Bertz CT molecular complexity index is 697. The number of hydrogen-bond acceptors (Lipinski definition) is 2. The predicted molar refractivity (Wildman–Crippen MR) is 77.8 cm³/mol. The molecule has 0 fully saturated rings. The van der Waals surface area contributed by atoms with Crippen LogP contribution in [0.2, 0.25) is 0 Å². The molecule has 3 nitrogen and oxygen atoms in total. The van der Waals surface area contributed by atoms with E-state index < -0.39 is 5.82 Å². The molecule has 0 saturated heterocycles. The molecule has 0 aliphatic carbocycles. The number of halogens is 1. The molecular weight excluding hydrogens is 269 g/mol. The number of hydrogen-bond donors (Lipinski definition) is 0. The first-order valence-corrected chi connectivity index (χ1v) is 6.82. The molecule has 2 aromatic carbocycles. The van der Waals surface area contributed by atoms with Gasteiger partial charge in [0.25, 0.3) is 0 Å². The van der Waals surface area contributed by atoms with Gasteiger partial charge in [0.15, 0.2) is 5.78 Å². The quantitative estimate of drug-likeness (QED) is 0.812. The second-order valence-electron chi connectivity index (χ2n) is 5.04. The smallest absolute Gasteiger partial charge is 0.227 e. The maximum atomic E-state index is 13.4. The molecule has 1 aliphatic heterocycles. The van der Waals surface area contributed by atoms with Crippen LogP contribution in [0.5, 0.6) is 0 Å². The summed E-state index contributed by atoms with van der Waals surface area (Å²) < 4.78 is 13.4. The third-order valence-electron chi connectivity index (χ3n) is 3.64. The number of anilines is 1. The van der Waals surface area contributed by atoms with Gasteiger partial charge in [-0.25, -0.2) is 4.39 Å². The van der Waals surface area contributed by atoms with Crippen LogP contribution in [0.4, 0.5) is 10.1 Å². The number of benzene rings is 2. The van der Waals surface area contributed by atoms with E-state index in [9.17, 15) is 14.0 Å². The molecule has 21 heavy (non-hydrogen) atoms. The Hall–Kier alpha value is -2.49. The SMILES string of the molecule is O=C(CN1C(=O)CCc2ccc(F)cc21)c1ccccc1. The summed E-state index contributed by atoms with van der Waals surface area (Å²) >= 11 is 0. The molecule has 0 bridgehead atoms. The Balaban J connectivity index is 1.90. The predicted octanol–water partition coefficient (Wildman–Crippen LogP) is 2.99. The lowest BCUT2D eigenvalue weighted by Crippen LogP contribution is -2.39. The van der Waals surface area contributed by atoms with Gasteiger partial charge in [-0.15, -0.1) is 0 Å². The molecule has 1 amide bonds. The largest absolute Gasteiger partial charge is 0.304 e. The van der Waals surface area contributed by atoms with Gasteiger partial charge in [-0.3, -0.25) is 9.59 Å². The summed E-state index contributed by atoms with van der Waals surface area (Å²) in [4.78, 5) is 25.7. The molecular formula is C17H14FNO2. The third-order valence-corrected chi connectivity index (χ3v) is 3.64. The van der Waals surface area contributed by atoms with Crippen LogP contribution in [0.1, 0.15) is 22.3 Å². The van der Waals surface area contributed by atoms with Gasteiger partial charge in [-0.1, -0.05) is 36.4 Å². The highest BCUT2D eigenvalue weighted by molar-refractivity contribution is 6.06. The second kappa shape index (κ2) is 5.48. The van der Waals surface area contributed by atoms with E-state index >= 15 is 0 Å². The zero-order chi connectivity index (χ0) is 14.8. The van der Waals surface area contributed by atoms with Crippen molar-refractivity contribution in [1.29, 1.82) is 0 Å². The Morgan fingerprint density at radius 2 is 1.86 bits per heavy atom. The van der Waals surface area contributed by atoms with Crippen LogP contribution in [0.25, 0.3) is 0 Å². The molecule has 0 aromatic heterocycles. The first kappa shape index (κ1) is 13.5. The Morgan fingerprint density at radius 3 is 2.62 bits per heavy atom. The molecule has 0 radical (unpaired) electrons. The van der Waals surface area contributed by atoms with E-state index in [1.165, 1.54) is 17.0 Å². The third kappa shape index (κ3) is 2.70. The van der Waals surface area contributed by atoms with Crippen molar-refractivity contribution in [2.75, 3.05) is 11.4 Å². The number of Topliss-reactive ketones (excluding diaryl/α,β-unsaturated/α-hetero) is 1. The molecule has 1 aliphatic rings. The zero-order valence-corrected chi connectivity index (χ0v) is 11.4. The van der Waals surface area contributed by atoms with Gasteiger partial charge in [0.1, 0.15) is 5.82 Å². The van der Waals surface area contributed by atoms with Crippen molar-refractivity contribution in [3.63, 3.8) is 0 Å². The number of fused-ring (bicyclic) bond motifs is 1. The van der Waals surface area contributed by atoms with Gasteiger partial charge >= 0.3 is 0 Å². The summed E-state index contributed by atoms with van der Waals surface area (Å²) in [6.45, 7) is -0.0563. The molecule has 106 valence electrons. The van der Waals surface area contributed by atoms with Crippen LogP contribution in [0.15, 0.2) is 48.5 Å². The molecule has 2 aromatic rings. The van der Waals surface area contributed by atoms with Gasteiger partial charge in [0.2, 0.25) is 5.91 Å². The number of amides is 1. The highest BCUT2D eigenvalue weighted by atomic mass is 19.1. The van der Waals surface area contributed by atoms with Crippen LogP contribution < -0.4 is 4.90 Å². The topological polar surface area (TPSA) is 37.4 Å². The van der Waals surface area contributed by atoms with Crippen molar-refractivity contribution in [3.05, 3.63) is 65.5 Å². The van der Waals surface area contributed by atoms with Crippen LogP contribution in [-0.4, -0.2) is 18.2 Å².